The van der Waals surface area contributed by atoms with E-state index in [2.05, 4.69) is 23.7 Å². The first-order chi connectivity index (χ1) is 7.56. The fraction of sp³-hybridized carbons (Fsp3) is 0.727. The predicted octanol–water partition coefficient (Wildman–Crippen LogP) is 2.06. The van der Waals surface area contributed by atoms with Gasteiger partial charge >= 0.3 is 0 Å². The second-order valence-corrected chi connectivity index (χ2v) is 5.04. The normalized spacial score (nSPS) is 13.1. The smallest absolute Gasteiger partial charge is 0.185 e. The van der Waals surface area contributed by atoms with E-state index in [1.54, 1.807) is 20.2 Å². The number of thiazole rings is 1. The zero-order valence-corrected chi connectivity index (χ0v) is 11.1. The van der Waals surface area contributed by atoms with Gasteiger partial charge in [0.15, 0.2) is 5.13 Å². The summed E-state index contributed by atoms with van der Waals surface area (Å²) in [6, 6.07) is 0.378. The Morgan fingerprint density at radius 1 is 1.50 bits per heavy atom. The van der Waals surface area contributed by atoms with E-state index in [1.807, 2.05) is 0 Å². The number of hydrogen-bond acceptors (Lipinski definition) is 5. The third-order valence-corrected chi connectivity index (χ3v) is 3.53. The molecule has 1 unspecified atom stereocenters. The molecule has 0 fully saturated rings. The van der Waals surface area contributed by atoms with Crippen LogP contribution in [0.5, 0.6) is 0 Å². The highest BCUT2D eigenvalue weighted by Crippen LogP contribution is 2.27. The van der Waals surface area contributed by atoms with Gasteiger partial charge in [-0.25, -0.2) is 4.98 Å². The third kappa shape index (κ3) is 3.43. The van der Waals surface area contributed by atoms with Crippen molar-refractivity contribution in [2.45, 2.75) is 32.9 Å². The summed E-state index contributed by atoms with van der Waals surface area (Å²) in [5.41, 5.74) is 0. The molecular weight excluding hydrogens is 224 g/mol. The van der Waals surface area contributed by atoms with Crippen molar-refractivity contribution in [3.05, 3.63) is 11.1 Å². The van der Waals surface area contributed by atoms with Crippen LogP contribution in [0.1, 0.15) is 31.8 Å². The minimum Gasteiger partial charge on any atom is -0.388 e. The van der Waals surface area contributed by atoms with E-state index in [0.29, 0.717) is 12.6 Å². The van der Waals surface area contributed by atoms with Gasteiger partial charge in [-0.1, -0.05) is 11.3 Å². The van der Waals surface area contributed by atoms with Crippen LogP contribution in [0, 0.1) is 0 Å². The average Bonchev–Trinajstić information content (AvgIpc) is 2.67. The lowest BCUT2D eigenvalue weighted by molar-refractivity contribution is 0.203. The molecule has 0 aliphatic carbocycles. The summed E-state index contributed by atoms with van der Waals surface area (Å²) in [5.74, 6) is 0. The second-order valence-electron chi connectivity index (χ2n) is 4.00. The molecule has 0 spiro atoms. The van der Waals surface area contributed by atoms with Crippen molar-refractivity contribution in [2.75, 3.05) is 25.2 Å². The SMILES string of the molecule is COCCN(c1ncc(C(C)O)s1)C(C)C. The van der Waals surface area contributed by atoms with E-state index in [4.69, 9.17) is 4.74 Å². The van der Waals surface area contributed by atoms with Gasteiger partial charge in [-0.3, -0.25) is 0 Å². The van der Waals surface area contributed by atoms with Gasteiger partial charge in [-0.15, -0.1) is 0 Å². The van der Waals surface area contributed by atoms with Crippen LogP contribution in [-0.4, -0.2) is 36.4 Å². The van der Waals surface area contributed by atoms with Crippen LogP contribution in [0.2, 0.25) is 0 Å². The highest BCUT2D eigenvalue weighted by Gasteiger charge is 2.15. The van der Waals surface area contributed by atoms with Gasteiger partial charge in [-0.2, -0.15) is 0 Å². The molecule has 16 heavy (non-hydrogen) atoms. The van der Waals surface area contributed by atoms with Crippen LogP contribution < -0.4 is 4.90 Å². The largest absolute Gasteiger partial charge is 0.388 e. The maximum atomic E-state index is 9.46. The molecule has 0 aromatic carbocycles. The molecule has 1 aromatic heterocycles. The minimum absolute atomic E-state index is 0.378. The topological polar surface area (TPSA) is 45.6 Å². The van der Waals surface area contributed by atoms with Crippen molar-refractivity contribution in [3.63, 3.8) is 0 Å². The van der Waals surface area contributed by atoms with E-state index < -0.39 is 6.10 Å². The maximum absolute atomic E-state index is 9.46. The number of hydrogen-bond donors (Lipinski definition) is 1. The monoisotopic (exact) mass is 244 g/mol. The summed E-state index contributed by atoms with van der Waals surface area (Å²) in [6.07, 6.45) is 1.30. The third-order valence-electron chi connectivity index (χ3n) is 2.33. The van der Waals surface area contributed by atoms with Crippen molar-refractivity contribution in [1.29, 1.82) is 0 Å². The first-order valence-electron chi connectivity index (χ1n) is 5.45. The van der Waals surface area contributed by atoms with E-state index >= 15 is 0 Å². The van der Waals surface area contributed by atoms with Crippen molar-refractivity contribution in [2.24, 2.45) is 0 Å². The summed E-state index contributed by atoms with van der Waals surface area (Å²) in [4.78, 5) is 7.42. The van der Waals surface area contributed by atoms with Crippen molar-refractivity contribution < 1.29 is 9.84 Å². The van der Waals surface area contributed by atoms with Crippen LogP contribution in [0.3, 0.4) is 0 Å². The molecule has 0 radical (unpaired) electrons. The highest BCUT2D eigenvalue weighted by molar-refractivity contribution is 7.15. The first kappa shape index (κ1) is 13.4. The molecule has 0 aliphatic rings. The Kier molecular flexibility index (Phi) is 5.18. The molecule has 1 N–H and O–H groups in total. The Labute approximate surface area is 101 Å². The van der Waals surface area contributed by atoms with Crippen LogP contribution in [0.15, 0.2) is 6.20 Å². The Hall–Kier alpha value is -0.650. The number of aliphatic hydroxyl groups excluding tert-OH is 1. The minimum atomic E-state index is -0.442. The molecule has 4 nitrogen and oxygen atoms in total. The molecule has 5 heteroatoms. The van der Waals surface area contributed by atoms with Crippen LogP contribution in [0.25, 0.3) is 0 Å². The number of methoxy groups -OCH3 is 1. The predicted molar refractivity (Wildman–Crippen MR) is 67.1 cm³/mol. The number of aromatic nitrogens is 1. The quantitative estimate of drug-likeness (QED) is 0.832. The fourth-order valence-electron chi connectivity index (χ4n) is 1.37. The lowest BCUT2D eigenvalue weighted by atomic mass is 10.3. The standard InChI is InChI=1S/C11H20N2O2S/c1-8(2)13(5-6-15-4)11-12-7-10(16-11)9(3)14/h7-9,14H,5-6H2,1-4H3. The maximum Gasteiger partial charge on any atom is 0.185 e. The van der Waals surface area contributed by atoms with Crippen molar-refractivity contribution >= 4 is 16.5 Å². The molecule has 1 heterocycles. The number of rotatable bonds is 6. The van der Waals surface area contributed by atoms with Gasteiger partial charge < -0.3 is 14.7 Å². The van der Waals surface area contributed by atoms with Crippen LogP contribution >= 0.6 is 11.3 Å². The van der Waals surface area contributed by atoms with Crippen molar-refractivity contribution in [3.8, 4) is 0 Å². The summed E-state index contributed by atoms with van der Waals surface area (Å²) < 4.78 is 5.08. The molecular formula is C11H20N2O2S. The van der Waals surface area contributed by atoms with Gasteiger partial charge in [-0.05, 0) is 20.8 Å². The van der Waals surface area contributed by atoms with Gasteiger partial charge in [0, 0.05) is 25.9 Å². The number of aliphatic hydroxyl groups is 1. The molecule has 0 saturated carbocycles. The Morgan fingerprint density at radius 2 is 2.19 bits per heavy atom. The summed E-state index contributed by atoms with van der Waals surface area (Å²) in [5, 5.41) is 10.4. The molecule has 1 atom stereocenters. The van der Waals surface area contributed by atoms with Gasteiger partial charge in [0.25, 0.3) is 0 Å². The van der Waals surface area contributed by atoms with E-state index in [0.717, 1.165) is 16.6 Å². The molecule has 0 bridgehead atoms. The van der Waals surface area contributed by atoms with Gasteiger partial charge in [0.05, 0.1) is 17.6 Å². The number of nitrogens with zero attached hydrogens (tertiary/aromatic N) is 2. The van der Waals surface area contributed by atoms with Crippen molar-refractivity contribution in [1.82, 2.24) is 4.98 Å². The zero-order chi connectivity index (χ0) is 12.1. The van der Waals surface area contributed by atoms with Crippen LogP contribution in [-0.2, 0) is 4.74 Å². The van der Waals surface area contributed by atoms with Gasteiger partial charge in [0.2, 0.25) is 0 Å². The Morgan fingerprint density at radius 3 is 2.62 bits per heavy atom. The first-order valence-corrected chi connectivity index (χ1v) is 6.27. The second kappa shape index (κ2) is 6.18. The van der Waals surface area contributed by atoms with E-state index in [9.17, 15) is 5.11 Å². The Balaban J connectivity index is 2.76. The summed E-state index contributed by atoms with van der Waals surface area (Å²) in [6.45, 7) is 7.51. The molecule has 0 saturated heterocycles. The molecule has 92 valence electrons. The molecule has 1 aromatic rings. The summed E-state index contributed by atoms with van der Waals surface area (Å²) in [7, 11) is 1.70. The lowest BCUT2D eigenvalue weighted by Gasteiger charge is -2.25. The zero-order valence-electron chi connectivity index (χ0n) is 10.3. The fourth-order valence-corrected chi connectivity index (χ4v) is 2.38. The molecule has 0 amide bonds. The highest BCUT2D eigenvalue weighted by atomic mass is 32.1. The number of anilines is 1. The molecule has 1 rings (SSSR count). The number of ether oxygens (including phenoxy) is 1. The van der Waals surface area contributed by atoms with Gasteiger partial charge in [0.1, 0.15) is 0 Å². The summed E-state index contributed by atoms with van der Waals surface area (Å²) >= 11 is 1.54. The molecule has 0 aliphatic heterocycles. The lowest BCUT2D eigenvalue weighted by Crippen LogP contribution is -2.33. The van der Waals surface area contributed by atoms with Crippen LogP contribution in [0.4, 0.5) is 5.13 Å². The Bertz CT molecular complexity index is 313. The van der Waals surface area contributed by atoms with E-state index in [-0.39, 0.29) is 0 Å². The van der Waals surface area contributed by atoms with E-state index in [1.165, 1.54) is 11.3 Å². The average molecular weight is 244 g/mol.